The van der Waals surface area contributed by atoms with Crippen molar-refractivity contribution < 1.29 is 4.79 Å². The second-order valence-corrected chi connectivity index (χ2v) is 3.49. The molecule has 0 spiro atoms. The maximum atomic E-state index is 11.1. The summed E-state index contributed by atoms with van der Waals surface area (Å²) < 4.78 is 0. The quantitative estimate of drug-likeness (QED) is 0.814. The summed E-state index contributed by atoms with van der Waals surface area (Å²) >= 11 is 0. The second-order valence-electron chi connectivity index (χ2n) is 3.49. The number of carbonyl (C=O) groups excluding carboxylic acids is 1. The van der Waals surface area contributed by atoms with Gasteiger partial charge in [0.15, 0.2) is 0 Å². The molecule has 2 rings (SSSR count). The Hall–Kier alpha value is -2.42. The summed E-state index contributed by atoms with van der Waals surface area (Å²) in [6.07, 6.45) is 3.00. The molecule has 1 amide bonds. The van der Waals surface area contributed by atoms with Crippen molar-refractivity contribution in [1.29, 1.82) is 0 Å². The number of rotatable bonds is 3. The lowest BCUT2D eigenvalue weighted by Crippen LogP contribution is -2.06. The predicted molar refractivity (Wildman–Crippen MR) is 68.5 cm³/mol. The summed E-state index contributed by atoms with van der Waals surface area (Å²) in [5.41, 5.74) is 2.67. The Morgan fingerprint density at radius 2 is 1.94 bits per heavy atom. The fraction of sp³-hybridized carbons (Fsp3) is 0. The van der Waals surface area contributed by atoms with Crippen LogP contribution in [0.2, 0.25) is 0 Å². The zero-order valence-corrected chi connectivity index (χ0v) is 9.26. The first kappa shape index (κ1) is 11.1. The first-order valence-corrected chi connectivity index (χ1v) is 5.24. The van der Waals surface area contributed by atoms with Crippen molar-refractivity contribution in [2.75, 3.05) is 5.32 Å². The molecular formula is C14H12N2O. The van der Waals surface area contributed by atoms with Crippen LogP contribution in [-0.2, 0) is 4.79 Å². The molecule has 0 bridgehead atoms. The van der Waals surface area contributed by atoms with Gasteiger partial charge in [-0.1, -0.05) is 24.8 Å². The molecule has 3 heteroatoms. The van der Waals surface area contributed by atoms with Gasteiger partial charge in [-0.05, 0) is 30.3 Å². The van der Waals surface area contributed by atoms with Gasteiger partial charge in [0.05, 0.1) is 5.69 Å². The molecule has 1 heterocycles. The maximum absolute atomic E-state index is 11.1. The average Bonchev–Trinajstić information content (AvgIpc) is 2.40. The molecule has 84 valence electrons. The average molecular weight is 224 g/mol. The highest BCUT2D eigenvalue weighted by atomic mass is 16.1. The summed E-state index contributed by atoms with van der Waals surface area (Å²) in [7, 11) is 0. The summed E-state index contributed by atoms with van der Waals surface area (Å²) in [6, 6.07) is 13.3. The van der Waals surface area contributed by atoms with E-state index in [0.29, 0.717) is 0 Å². The van der Waals surface area contributed by atoms with Crippen LogP contribution in [0.1, 0.15) is 0 Å². The van der Waals surface area contributed by atoms with Crippen molar-refractivity contribution in [3.63, 3.8) is 0 Å². The van der Waals surface area contributed by atoms with Crippen molar-refractivity contribution in [3.05, 3.63) is 61.3 Å². The Labute approximate surface area is 99.8 Å². The van der Waals surface area contributed by atoms with Crippen LogP contribution in [0.25, 0.3) is 11.3 Å². The van der Waals surface area contributed by atoms with Crippen LogP contribution in [0.15, 0.2) is 61.3 Å². The van der Waals surface area contributed by atoms with Gasteiger partial charge in [-0.15, -0.1) is 0 Å². The summed E-state index contributed by atoms with van der Waals surface area (Å²) in [6.45, 7) is 3.40. The fourth-order valence-corrected chi connectivity index (χ4v) is 1.45. The van der Waals surface area contributed by atoms with Gasteiger partial charge in [-0.25, -0.2) is 0 Å². The fourth-order valence-electron chi connectivity index (χ4n) is 1.45. The molecule has 0 saturated heterocycles. The number of hydrogen-bond donors (Lipinski definition) is 1. The normalized spacial score (nSPS) is 9.65. The van der Waals surface area contributed by atoms with E-state index in [1.165, 1.54) is 6.08 Å². The molecule has 0 aliphatic heterocycles. The Kier molecular flexibility index (Phi) is 3.31. The molecule has 17 heavy (non-hydrogen) atoms. The smallest absolute Gasteiger partial charge is 0.247 e. The lowest BCUT2D eigenvalue weighted by atomic mass is 10.1. The van der Waals surface area contributed by atoms with Crippen LogP contribution in [0.4, 0.5) is 5.69 Å². The molecule has 0 aliphatic carbocycles. The van der Waals surface area contributed by atoms with Gasteiger partial charge >= 0.3 is 0 Å². The minimum Gasteiger partial charge on any atom is -0.323 e. The van der Waals surface area contributed by atoms with Crippen LogP contribution in [0.5, 0.6) is 0 Å². The van der Waals surface area contributed by atoms with Crippen molar-refractivity contribution in [2.45, 2.75) is 0 Å². The Balaban J connectivity index is 2.19. The number of amides is 1. The predicted octanol–water partition coefficient (Wildman–Crippen LogP) is 2.87. The van der Waals surface area contributed by atoms with E-state index < -0.39 is 0 Å². The number of carbonyl (C=O) groups is 1. The van der Waals surface area contributed by atoms with Gasteiger partial charge in [0.1, 0.15) is 0 Å². The SMILES string of the molecule is C=CC(=O)Nc1ccc(-c2ccccn2)cc1. The van der Waals surface area contributed by atoms with Crippen molar-refractivity contribution in [3.8, 4) is 11.3 Å². The third-order valence-electron chi connectivity index (χ3n) is 2.30. The number of hydrogen-bond acceptors (Lipinski definition) is 2. The van der Waals surface area contributed by atoms with E-state index in [4.69, 9.17) is 0 Å². The van der Waals surface area contributed by atoms with E-state index in [1.807, 2.05) is 42.5 Å². The number of aromatic nitrogens is 1. The highest BCUT2D eigenvalue weighted by molar-refractivity contribution is 5.98. The highest BCUT2D eigenvalue weighted by Gasteiger charge is 1.99. The molecule has 0 unspecified atom stereocenters. The number of nitrogens with one attached hydrogen (secondary N) is 1. The molecule has 2 aromatic rings. The lowest BCUT2D eigenvalue weighted by molar-refractivity contribution is -0.111. The van der Waals surface area contributed by atoms with Crippen molar-refractivity contribution >= 4 is 11.6 Å². The first-order chi connectivity index (χ1) is 8.29. The number of anilines is 1. The zero-order valence-electron chi connectivity index (χ0n) is 9.26. The number of benzene rings is 1. The minimum absolute atomic E-state index is 0.212. The molecule has 0 fully saturated rings. The Bertz CT molecular complexity index is 518. The van der Waals surface area contributed by atoms with Crippen molar-refractivity contribution in [2.24, 2.45) is 0 Å². The molecule has 0 aliphatic rings. The lowest BCUT2D eigenvalue weighted by Gasteiger charge is -2.04. The summed E-state index contributed by atoms with van der Waals surface area (Å²) in [4.78, 5) is 15.3. The number of pyridine rings is 1. The van der Waals surface area contributed by atoms with Gasteiger partial charge < -0.3 is 5.32 Å². The van der Waals surface area contributed by atoms with Crippen LogP contribution < -0.4 is 5.32 Å². The molecule has 1 aromatic carbocycles. The second kappa shape index (κ2) is 5.07. The van der Waals surface area contributed by atoms with Gasteiger partial charge in [0, 0.05) is 17.4 Å². The molecule has 3 nitrogen and oxygen atoms in total. The minimum atomic E-state index is -0.212. The van der Waals surface area contributed by atoms with Crippen LogP contribution in [0.3, 0.4) is 0 Å². The van der Waals surface area contributed by atoms with E-state index in [2.05, 4.69) is 16.9 Å². The standard InChI is InChI=1S/C14H12N2O/c1-2-14(17)16-12-8-6-11(7-9-12)13-5-3-4-10-15-13/h2-10H,1H2,(H,16,17). The highest BCUT2D eigenvalue weighted by Crippen LogP contribution is 2.18. The third-order valence-corrected chi connectivity index (χ3v) is 2.30. The van der Waals surface area contributed by atoms with Gasteiger partial charge in [-0.2, -0.15) is 0 Å². The monoisotopic (exact) mass is 224 g/mol. The van der Waals surface area contributed by atoms with Crippen LogP contribution >= 0.6 is 0 Å². The Morgan fingerprint density at radius 1 is 1.18 bits per heavy atom. The van der Waals surface area contributed by atoms with E-state index in [1.54, 1.807) is 6.20 Å². The molecular weight excluding hydrogens is 212 g/mol. The topological polar surface area (TPSA) is 42.0 Å². The summed E-state index contributed by atoms with van der Waals surface area (Å²) in [5, 5.41) is 2.69. The number of nitrogens with zero attached hydrogens (tertiary/aromatic N) is 1. The van der Waals surface area contributed by atoms with Gasteiger partial charge in [0.2, 0.25) is 5.91 Å². The van der Waals surface area contributed by atoms with Crippen LogP contribution in [0, 0.1) is 0 Å². The van der Waals surface area contributed by atoms with Gasteiger partial charge in [0.25, 0.3) is 0 Å². The van der Waals surface area contributed by atoms with E-state index in [0.717, 1.165) is 16.9 Å². The first-order valence-electron chi connectivity index (χ1n) is 5.24. The van der Waals surface area contributed by atoms with E-state index in [9.17, 15) is 4.79 Å². The zero-order chi connectivity index (χ0) is 12.1. The van der Waals surface area contributed by atoms with E-state index >= 15 is 0 Å². The van der Waals surface area contributed by atoms with E-state index in [-0.39, 0.29) is 5.91 Å². The maximum Gasteiger partial charge on any atom is 0.247 e. The van der Waals surface area contributed by atoms with Crippen LogP contribution in [-0.4, -0.2) is 10.9 Å². The molecule has 0 radical (unpaired) electrons. The third kappa shape index (κ3) is 2.78. The Morgan fingerprint density at radius 3 is 2.53 bits per heavy atom. The summed E-state index contributed by atoms with van der Waals surface area (Å²) in [5.74, 6) is -0.212. The molecule has 1 aromatic heterocycles. The van der Waals surface area contributed by atoms with Crippen molar-refractivity contribution in [1.82, 2.24) is 4.98 Å². The van der Waals surface area contributed by atoms with Gasteiger partial charge in [-0.3, -0.25) is 9.78 Å². The molecule has 0 atom stereocenters. The molecule has 1 N–H and O–H groups in total. The largest absolute Gasteiger partial charge is 0.323 e. The molecule has 0 saturated carbocycles.